The SMILES string of the molecule is Cn1cnnc1C1CCCN(c2ccc(S(=O)(=O)NC(C)(C)C)cc2[N+](=O)[O-])C1. The maximum atomic E-state index is 12.6. The molecule has 1 aliphatic heterocycles. The molecule has 11 heteroatoms. The molecule has 10 nitrogen and oxygen atoms in total. The number of nitrogens with one attached hydrogen (secondary N) is 1. The summed E-state index contributed by atoms with van der Waals surface area (Å²) in [5.41, 5.74) is -0.500. The molecule has 1 aromatic heterocycles. The maximum absolute atomic E-state index is 12.6. The van der Waals surface area contributed by atoms with Gasteiger partial charge >= 0.3 is 0 Å². The minimum Gasteiger partial charge on any atom is -0.365 e. The summed E-state index contributed by atoms with van der Waals surface area (Å²) in [4.78, 5) is 13.0. The molecule has 1 aliphatic rings. The summed E-state index contributed by atoms with van der Waals surface area (Å²) in [6.07, 6.45) is 3.40. The van der Waals surface area contributed by atoms with Crippen LogP contribution < -0.4 is 9.62 Å². The van der Waals surface area contributed by atoms with Gasteiger partial charge in [-0.2, -0.15) is 0 Å². The molecule has 0 amide bonds. The van der Waals surface area contributed by atoms with Gasteiger partial charge in [0.05, 0.1) is 9.82 Å². The fourth-order valence-corrected chi connectivity index (χ4v) is 5.05. The van der Waals surface area contributed by atoms with E-state index in [0.717, 1.165) is 24.7 Å². The minimum atomic E-state index is -3.87. The zero-order valence-electron chi connectivity index (χ0n) is 17.0. The van der Waals surface area contributed by atoms with Crippen LogP contribution in [0.2, 0.25) is 0 Å². The van der Waals surface area contributed by atoms with Crippen molar-refractivity contribution in [1.29, 1.82) is 0 Å². The molecular formula is C18H26N6O4S. The van der Waals surface area contributed by atoms with Crippen LogP contribution in [0.5, 0.6) is 0 Å². The Morgan fingerprint density at radius 3 is 2.62 bits per heavy atom. The van der Waals surface area contributed by atoms with E-state index in [9.17, 15) is 18.5 Å². The summed E-state index contributed by atoms with van der Waals surface area (Å²) in [7, 11) is -1.99. The second-order valence-corrected chi connectivity index (χ2v) is 10.0. The van der Waals surface area contributed by atoms with E-state index in [1.165, 1.54) is 12.1 Å². The lowest BCUT2D eigenvalue weighted by Crippen LogP contribution is -2.40. The van der Waals surface area contributed by atoms with Crippen molar-refractivity contribution in [1.82, 2.24) is 19.5 Å². The first-order valence-corrected chi connectivity index (χ1v) is 10.9. The van der Waals surface area contributed by atoms with Gasteiger partial charge in [-0.25, -0.2) is 13.1 Å². The highest BCUT2D eigenvalue weighted by atomic mass is 32.2. The predicted octanol–water partition coefficient (Wildman–Crippen LogP) is 2.18. The Hall–Kier alpha value is -2.53. The van der Waals surface area contributed by atoms with E-state index in [0.29, 0.717) is 18.8 Å². The largest absolute Gasteiger partial charge is 0.365 e. The van der Waals surface area contributed by atoms with Crippen LogP contribution in [0.15, 0.2) is 29.4 Å². The Balaban J connectivity index is 1.93. The van der Waals surface area contributed by atoms with Crippen molar-refractivity contribution in [3.63, 3.8) is 0 Å². The fourth-order valence-electron chi connectivity index (χ4n) is 3.61. The van der Waals surface area contributed by atoms with Gasteiger partial charge in [-0.05, 0) is 45.7 Å². The highest BCUT2D eigenvalue weighted by molar-refractivity contribution is 7.89. The Kier molecular flexibility index (Phi) is 5.63. The zero-order valence-corrected chi connectivity index (χ0v) is 17.8. The van der Waals surface area contributed by atoms with Crippen molar-refractivity contribution in [3.05, 3.63) is 40.5 Å². The topological polar surface area (TPSA) is 123 Å². The lowest BCUT2D eigenvalue weighted by atomic mass is 9.96. The Morgan fingerprint density at radius 2 is 2.03 bits per heavy atom. The normalized spacial score (nSPS) is 18.1. The average molecular weight is 423 g/mol. The van der Waals surface area contributed by atoms with Crippen LogP contribution in [-0.2, 0) is 17.1 Å². The Labute approximate surface area is 170 Å². The molecule has 0 saturated carbocycles. The standard InChI is InChI=1S/C18H26N6O4S/c1-18(2,3)21-29(27,28)14-7-8-15(16(10-14)24(25)26)23-9-5-6-13(11-23)17-20-19-12-22(17)4/h7-8,10,12-13,21H,5-6,9,11H2,1-4H3. The van der Waals surface area contributed by atoms with Crippen LogP contribution in [0.4, 0.5) is 11.4 Å². The number of sulfonamides is 1. The van der Waals surface area contributed by atoms with Crippen LogP contribution in [-0.4, -0.2) is 46.7 Å². The van der Waals surface area contributed by atoms with Crippen molar-refractivity contribution in [2.45, 2.75) is 50.0 Å². The third kappa shape index (κ3) is 4.73. The van der Waals surface area contributed by atoms with Crippen LogP contribution >= 0.6 is 0 Å². The van der Waals surface area contributed by atoms with E-state index >= 15 is 0 Å². The number of nitro groups is 1. The molecule has 0 aliphatic carbocycles. The number of benzene rings is 1. The number of nitrogens with zero attached hydrogens (tertiary/aromatic N) is 5. The molecule has 2 aromatic rings. The van der Waals surface area contributed by atoms with Crippen molar-refractivity contribution < 1.29 is 13.3 Å². The van der Waals surface area contributed by atoms with E-state index in [1.54, 1.807) is 27.1 Å². The number of aryl methyl sites for hydroxylation is 1. The molecule has 29 heavy (non-hydrogen) atoms. The van der Waals surface area contributed by atoms with Gasteiger partial charge in [-0.15, -0.1) is 10.2 Å². The van der Waals surface area contributed by atoms with E-state index in [4.69, 9.17) is 0 Å². The molecule has 1 unspecified atom stereocenters. The monoisotopic (exact) mass is 422 g/mol. The summed E-state index contributed by atoms with van der Waals surface area (Å²) < 4.78 is 29.6. The molecule has 3 rings (SSSR count). The Bertz CT molecular complexity index is 1010. The molecule has 0 spiro atoms. The average Bonchev–Trinajstić information content (AvgIpc) is 3.05. The van der Waals surface area contributed by atoms with Crippen molar-refractivity contribution in [2.75, 3.05) is 18.0 Å². The molecule has 0 bridgehead atoms. The van der Waals surface area contributed by atoms with Crippen LogP contribution in [0.25, 0.3) is 0 Å². The third-order valence-electron chi connectivity index (χ3n) is 4.77. The van der Waals surface area contributed by atoms with Gasteiger partial charge in [0, 0.05) is 37.7 Å². The maximum Gasteiger partial charge on any atom is 0.293 e. The molecule has 1 N–H and O–H groups in total. The van der Waals surface area contributed by atoms with Crippen molar-refractivity contribution in [3.8, 4) is 0 Å². The summed E-state index contributed by atoms with van der Waals surface area (Å²) in [6, 6.07) is 4.08. The first kappa shape index (κ1) is 21.2. The van der Waals surface area contributed by atoms with Gasteiger partial charge in [-0.1, -0.05) is 0 Å². The zero-order chi connectivity index (χ0) is 21.4. The highest BCUT2D eigenvalue weighted by Gasteiger charge is 2.30. The summed E-state index contributed by atoms with van der Waals surface area (Å²) in [6.45, 7) is 6.36. The van der Waals surface area contributed by atoms with Crippen molar-refractivity contribution >= 4 is 21.4 Å². The molecule has 158 valence electrons. The molecule has 0 radical (unpaired) electrons. The van der Waals surface area contributed by atoms with E-state index in [1.807, 2.05) is 16.5 Å². The van der Waals surface area contributed by atoms with Crippen LogP contribution in [0.3, 0.4) is 0 Å². The number of rotatable bonds is 5. The molecular weight excluding hydrogens is 396 g/mol. The number of hydrogen-bond donors (Lipinski definition) is 1. The van der Waals surface area contributed by atoms with Crippen LogP contribution in [0, 0.1) is 10.1 Å². The highest BCUT2D eigenvalue weighted by Crippen LogP contribution is 2.35. The van der Waals surface area contributed by atoms with E-state index < -0.39 is 20.5 Å². The van der Waals surface area contributed by atoms with Gasteiger partial charge in [0.2, 0.25) is 10.0 Å². The van der Waals surface area contributed by atoms with Crippen LogP contribution in [0.1, 0.15) is 45.4 Å². The number of piperidine rings is 1. The summed E-state index contributed by atoms with van der Waals surface area (Å²) >= 11 is 0. The van der Waals surface area contributed by atoms with Gasteiger partial charge in [-0.3, -0.25) is 10.1 Å². The van der Waals surface area contributed by atoms with Crippen molar-refractivity contribution in [2.24, 2.45) is 7.05 Å². The summed E-state index contributed by atoms with van der Waals surface area (Å²) in [5, 5.41) is 19.8. The smallest absolute Gasteiger partial charge is 0.293 e. The lowest BCUT2D eigenvalue weighted by Gasteiger charge is -2.33. The molecule has 2 heterocycles. The van der Waals surface area contributed by atoms with Gasteiger partial charge in [0.15, 0.2) is 0 Å². The Morgan fingerprint density at radius 1 is 1.31 bits per heavy atom. The summed E-state index contributed by atoms with van der Waals surface area (Å²) in [5.74, 6) is 0.938. The number of aromatic nitrogens is 3. The number of hydrogen-bond acceptors (Lipinski definition) is 7. The second kappa shape index (κ2) is 7.71. The van der Waals surface area contributed by atoms with E-state index in [-0.39, 0.29) is 16.5 Å². The van der Waals surface area contributed by atoms with Gasteiger partial charge < -0.3 is 9.47 Å². The predicted molar refractivity (Wildman–Crippen MR) is 108 cm³/mol. The molecule has 1 atom stereocenters. The minimum absolute atomic E-state index is 0.0989. The second-order valence-electron chi connectivity index (χ2n) is 8.35. The number of anilines is 1. The fraction of sp³-hybridized carbons (Fsp3) is 0.556. The molecule has 1 saturated heterocycles. The molecule has 1 aromatic carbocycles. The third-order valence-corrected chi connectivity index (χ3v) is 6.52. The quantitative estimate of drug-likeness (QED) is 0.578. The number of nitro benzene ring substituents is 1. The van der Waals surface area contributed by atoms with E-state index in [2.05, 4.69) is 14.9 Å². The van der Waals surface area contributed by atoms with Gasteiger partial charge in [0.25, 0.3) is 5.69 Å². The first-order valence-electron chi connectivity index (χ1n) is 9.39. The molecule has 1 fully saturated rings. The first-order chi connectivity index (χ1) is 13.5. The lowest BCUT2D eigenvalue weighted by molar-refractivity contribution is -0.384. The van der Waals surface area contributed by atoms with Gasteiger partial charge in [0.1, 0.15) is 17.8 Å².